The van der Waals surface area contributed by atoms with Crippen molar-refractivity contribution < 1.29 is 4.42 Å². The highest BCUT2D eigenvalue weighted by atomic mass is 35.5. The summed E-state index contributed by atoms with van der Waals surface area (Å²) in [5, 5.41) is 4.24. The van der Waals surface area contributed by atoms with E-state index in [4.69, 9.17) is 16.0 Å². The molecule has 0 saturated heterocycles. The van der Waals surface area contributed by atoms with E-state index in [0.29, 0.717) is 0 Å². The zero-order chi connectivity index (χ0) is 13.1. The van der Waals surface area contributed by atoms with Gasteiger partial charge in [-0.2, -0.15) is 0 Å². The summed E-state index contributed by atoms with van der Waals surface area (Å²) in [4.78, 5) is 0. The van der Waals surface area contributed by atoms with Gasteiger partial charge in [0.05, 0.1) is 18.6 Å². The lowest BCUT2D eigenvalue weighted by molar-refractivity contribution is 0.553. The first-order valence-corrected chi connectivity index (χ1v) is 6.53. The van der Waals surface area contributed by atoms with Crippen LogP contribution in [0.3, 0.4) is 0 Å². The number of halogens is 1. The Balaban J connectivity index is 2.46. The lowest BCUT2D eigenvalue weighted by Crippen LogP contribution is -2.22. The molecule has 1 atom stereocenters. The van der Waals surface area contributed by atoms with Crippen LogP contribution in [0, 0.1) is 13.8 Å². The topological polar surface area (TPSA) is 25.2 Å². The molecule has 0 fully saturated rings. The van der Waals surface area contributed by atoms with Crippen LogP contribution in [0.2, 0.25) is 5.02 Å². The van der Waals surface area contributed by atoms with Crippen molar-refractivity contribution in [2.45, 2.75) is 26.8 Å². The number of hydrogen-bond acceptors (Lipinski definition) is 2. The Hall–Kier alpha value is -1.25. The molecular weight excluding hydrogens is 246 g/mol. The average Bonchev–Trinajstić information content (AvgIpc) is 2.85. The molecule has 1 unspecified atom stereocenters. The highest BCUT2D eigenvalue weighted by molar-refractivity contribution is 6.31. The summed E-state index contributed by atoms with van der Waals surface area (Å²) in [6, 6.07) is 6.23. The molecule has 1 N–H and O–H groups in total. The van der Waals surface area contributed by atoms with Crippen LogP contribution >= 0.6 is 11.6 Å². The van der Waals surface area contributed by atoms with Crippen molar-refractivity contribution in [1.82, 2.24) is 5.32 Å². The fourth-order valence-electron chi connectivity index (χ4n) is 2.08. The van der Waals surface area contributed by atoms with Crippen molar-refractivity contribution in [3.8, 4) is 0 Å². The molecule has 96 valence electrons. The van der Waals surface area contributed by atoms with E-state index in [2.05, 4.69) is 32.2 Å². The first-order valence-electron chi connectivity index (χ1n) is 6.15. The van der Waals surface area contributed by atoms with E-state index in [9.17, 15) is 0 Å². The third-order valence-corrected chi connectivity index (χ3v) is 3.54. The molecule has 0 aliphatic heterocycles. The maximum absolute atomic E-state index is 6.38. The van der Waals surface area contributed by atoms with Gasteiger partial charge >= 0.3 is 0 Å². The highest BCUT2D eigenvalue weighted by Crippen LogP contribution is 2.30. The molecule has 1 aromatic heterocycles. The largest absolute Gasteiger partial charge is 0.472 e. The van der Waals surface area contributed by atoms with Gasteiger partial charge in [0.2, 0.25) is 0 Å². The van der Waals surface area contributed by atoms with Crippen molar-refractivity contribution in [3.63, 3.8) is 0 Å². The lowest BCUT2D eigenvalue weighted by Gasteiger charge is -2.19. The molecule has 0 bridgehead atoms. The van der Waals surface area contributed by atoms with Crippen LogP contribution < -0.4 is 5.32 Å². The quantitative estimate of drug-likeness (QED) is 0.892. The van der Waals surface area contributed by atoms with Crippen LogP contribution in [0.4, 0.5) is 0 Å². The molecule has 0 aliphatic carbocycles. The minimum Gasteiger partial charge on any atom is -0.472 e. The standard InChI is InChI=1S/C15H18ClNO/c1-4-17-15(12-5-6-18-9-12)13-7-10(2)11(3)8-14(13)16/h5-9,15,17H,4H2,1-3H3. The Bertz CT molecular complexity index is 520. The van der Waals surface area contributed by atoms with Crippen molar-refractivity contribution in [1.29, 1.82) is 0 Å². The predicted octanol–water partition coefficient (Wildman–Crippen LogP) is 4.25. The second-order valence-corrected chi connectivity index (χ2v) is 4.91. The highest BCUT2D eigenvalue weighted by Gasteiger charge is 2.17. The summed E-state index contributed by atoms with van der Waals surface area (Å²) in [5.41, 5.74) is 4.66. The molecule has 1 aromatic carbocycles. The van der Waals surface area contributed by atoms with Gasteiger partial charge in [-0.25, -0.2) is 0 Å². The van der Waals surface area contributed by atoms with E-state index in [-0.39, 0.29) is 6.04 Å². The van der Waals surface area contributed by atoms with Crippen molar-refractivity contribution >= 4 is 11.6 Å². The first-order chi connectivity index (χ1) is 8.63. The fourth-order valence-corrected chi connectivity index (χ4v) is 2.40. The van der Waals surface area contributed by atoms with Crippen LogP contribution in [0.5, 0.6) is 0 Å². The zero-order valence-corrected chi connectivity index (χ0v) is 11.7. The Morgan fingerprint density at radius 2 is 2.00 bits per heavy atom. The van der Waals surface area contributed by atoms with Crippen LogP contribution in [-0.2, 0) is 0 Å². The maximum atomic E-state index is 6.38. The number of benzene rings is 1. The Morgan fingerprint density at radius 3 is 2.61 bits per heavy atom. The van der Waals surface area contributed by atoms with Gasteiger partial charge < -0.3 is 9.73 Å². The number of hydrogen-bond donors (Lipinski definition) is 1. The van der Waals surface area contributed by atoms with E-state index in [1.165, 1.54) is 11.1 Å². The molecule has 3 heteroatoms. The third-order valence-electron chi connectivity index (χ3n) is 3.21. The van der Waals surface area contributed by atoms with E-state index in [0.717, 1.165) is 22.7 Å². The van der Waals surface area contributed by atoms with Crippen LogP contribution in [-0.4, -0.2) is 6.54 Å². The Morgan fingerprint density at radius 1 is 1.28 bits per heavy atom. The fraction of sp³-hybridized carbons (Fsp3) is 0.333. The lowest BCUT2D eigenvalue weighted by atomic mass is 9.97. The molecule has 18 heavy (non-hydrogen) atoms. The van der Waals surface area contributed by atoms with Gasteiger partial charge in [-0.3, -0.25) is 0 Å². The van der Waals surface area contributed by atoms with Gasteiger partial charge in [-0.05, 0) is 49.2 Å². The first kappa shape index (κ1) is 13.2. The Labute approximate surface area is 113 Å². The van der Waals surface area contributed by atoms with Gasteiger partial charge in [0, 0.05) is 10.6 Å². The smallest absolute Gasteiger partial charge is 0.0953 e. The van der Waals surface area contributed by atoms with Gasteiger partial charge in [-0.15, -0.1) is 0 Å². The molecule has 0 amide bonds. The summed E-state index contributed by atoms with van der Waals surface area (Å²) in [6.07, 6.45) is 3.45. The number of nitrogens with one attached hydrogen (secondary N) is 1. The van der Waals surface area contributed by atoms with Crippen LogP contribution in [0.15, 0.2) is 35.1 Å². The van der Waals surface area contributed by atoms with Gasteiger partial charge in [0.25, 0.3) is 0 Å². The minimum absolute atomic E-state index is 0.0838. The van der Waals surface area contributed by atoms with Gasteiger partial charge in [-0.1, -0.05) is 24.6 Å². The summed E-state index contributed by atoms with van der Waals surface area (Å²) in [6.45, 7) is 7.14. The molecule has 1 heterocycles. The summed E-state index contributed by atoms with van der Waals surface area (Å²) in [7, 11) is 0. The van der Waals surface area contributed by atoms with Crippen LogP contribution in [0.1, 0.15) is 35.2 Å². The number of rotatable bonds is 4. The molecule has 2 aromatic rings. The molecule has 0 aliphatic rings. The summed E-state index contributed by atoms with van der Waals surface area (Å²) >= 11 is 6.38. The van der Waals surface area contributed by atoms with Gasteiger partial charge in [0.1, 0.15) is 0 Å². The zero-order valence-electron chi connectivity index (χ0n) is 11.0. The SMILES string of the molecule is CCNC(c1ccoc1)c1cc(C)c(C)cc1Cl. The van der Waals surface area contributed by atoms with Crippen molar-refractivity contribution in [2.24, 2.45) is 0 Å². The van der Waals surface area contributed by atoms with E-state index in [1.54, 1.807) is 12.5 Å². The predicted molar refractivity (Wildman–Crippen MR) is 75.2 cm³/mol. The second kappa shape index (κ2) is 5.59. The van der Waals surface area contributed by atoms with E-state index < -0.39 is 0 Å². The molecule has 0 saturated carbocycles. The number of furan rings is 1. The van der Waals surface area contributed by atoms with E-state index in [1.807, 2.05) is 12.1 Å². The minimum atomic E-state index is 0.0838. The van der Waals surface area contributed by atoms with Crippen LogP contribution in [0.25, 0.3) is 0 Å². The molecular formula is C15H18ClNO. The van der Waals surface area contributed by atoms with E-state index >= 15 is 0 Å². The third kappa shape index (κ3) is 2.60. The van der Waals surface area contributed by atoms with Gasteiger partial charge in [0.15, 0.2) is 0 Å². The molecule has 0 radical (unpaired) electrons. The van der Waals surface area contributed by atoms with Crippen molar-refractivity contribution in [3.05, 3.63) is 58.0 Å². The summed E-state index contributed by atoms with van der Waals surface area (Å²) < 4.78 is 5.17. The monoisotopic (exact) mass is 263 g/mol. The number of aryl methyl sites for hydroxylation is 2. The normalized spacial score (nSPS) is 12.7. The summed E-state index contributed by atoms with van der Waals surface area (Å²) in [5.74, 6) is 0. The van der Waals surface area contributed by atoms with Crippen molar-refractivity contribution in [2.75, 3.05) is 6.54 Å². The Kier molecular flexibility index (Phi) is 4.10. The maximum Gasteiger partial charge on any atom is 0.0953 e. The molecule has 0 spiro atoms. The second-order valence-electron chi connectivity index (χ2n) is 4.51. The molecule has 2 rings (SSSR count). The molecule has 2 nitrogen and oxygen atoms in total. The average molecular weight is 264 g/mol.